The topological polar surface area (TPSA) is 53.6 Å². The van der Waals surface area contributed by atoms with Crippen LogP contribution in [0.5, 0.6) is 0 Å². The fourth-order valence-electron chi connectivity index (χ4n) is 2.65. The highest BCUT2D eigenvalue weighted by Crippen LogP contribution is 2.12. The molecule has 1 aliphatic rings. The molecule has 0 radical (unpaired) electrons. The van der Waals surface area contributed by atoms with Gasteiger partial charge in [-0.2, -0.15) is 0 Å². The van der Waals surface area contributed by atoms with Gasteiger partial charge in [0, 0.05) is 19.2 Å². The van der Waals surface area contributed by atoms with Crippen LogP contribution in [-0.2, 0) is 9.53 Å². The molecule has 19 heavy (non-hydrogen) atoms. The van der Waals surface area contributed by atoms with Crippen LogP contribution in [0.25, 0.3) is 0 Å². The summed E-state index contributed by atoms with van der Waals surface area (Å²) in [6, 6.07) is 0.624. The van der Waals surface area contributed by atoms with Crippen LogP contribution in [0.3, 0.4) is 0 Å². The molecule has 0 aromatic heterocycles. The second kappa shape index (κ2) is 9.28. The first kappa shape index (κ1) is 16.4. The third kappa shape index (κ3) is 6.36. The van der Waals surface area contributed by atoms with Crippen molar-refractivity contribution in [2.45, 2.75) is 45.2 Å². The molecule has 0 saturated carbocycles. The van der Waals surface area contributed by atoms with Gasteiger partial charge in [-0.1, -0.05) is 6.92 Å². The van der Waals surface area contributed by atoms with Crippen LogP contribution in [0.2, 0.25) is 0 Å². The average Bonchev–Trinajstić information content (AvgIpc) is 2.39. The maximum atomic E-state index is 12.0. The molecule has 0 aromatic rings. The number of carbonyl (C=O) groups is 1. The molecular formula is C14H29N3O2. The molecule has 112 valence electrons. The molecule has 1 saturated heterocycles. The standard InChI is InChI=1S/C14H29N3O2/c1-4-9-17(13-5-7-15-8-6-13)10-14(18)16-12(2)11-19-3/h12-13,15H,4-11H2,1-3H3,(H,16,18). The van der Waals surface area contributed by atoms with Crippen molar-refractivity contribution in [2.75, 3.05) is 39.9 Å². The van der Waals surface area contributed by atoms with E-state index in [-0.39, 0.29) is 11.9 Å². The van der Waals surface area contributed by atoms with Gasteiger partial charge in [-0.3, -0.25) is 9.69 Å². The molecule has 1 heterocycles. The summed E-state index contributed by atoms with van der Waals surface area (Å²) in [5, 5.41) is 6.36. The van der Waals surface area contributed by atoms with E-state index in [2.05, 4.69) is 22.5 Å². The van der Waals surface area contributed by atoms with Crippen molar-refractivity contribution in [3.8, 4) is 0 Å². The molecule has 1 fully saturated rings. The number of carbonyl (C=O) groups excluding carboxylic acids is 1. The predicted octanol–water partition coefficient (Wildman–Crippen LogP) is 0.602. The Kier molecular flexibility index (Phi) is 8.02. The Morgan fingerprint density at radius 2 is 2.16 bits per heavy atom. The third-order valence-electron chi connectivity index (χ3n) is 3.51. The minimum atomic E-state index is 0.0778. The molecule has 0 aliphatic carbocycles. The van der Waals surface area contributed by atoms with Gasteiger partial charge in [-0.25, -0.2) is 0 Å². The van der Waals surface area contributed by atoms with Gasteiger partial charge in [0.15, 0.2) is 0 Å². The van der Waals surface area contributed by atoms with Crippen molar-refractivity contribution in [1.82, 2.24) is 15.5 Å². The van der Waals surface area contributed by atoms with Gasteiger partial charge >= 0.3 is 0 Å². The zero-order valence-corrected chi connectivity index (χ0v) is 12.6. The van der Waals surface area contributed by atoms with Gasteiger partial charge in [0.05, 0.1) is 13.2 Å². The summed E-state index contributed by atoms with van der Waals surface area (Å²) in [6.07, 6.45) is 3.37. The fourth-order valence-corrected chi connectivity index (χ4v) is 2.65. The highest BCUT2D eigenvalue weighted by atomic mass is 16.5. The molecule has 5 nitrogen and oxygen atoms in total. The van der Waals surface area contributed by atoms with E-state index in [1.54, 1.807) is 7.11 Å². The summed E-state index contributed by atoms with van der Waals surface area (Å²) >= 11 is 0. The molecule has 1 aliphatic heterocycles. The first-order valence-corrected chi connectivity index (χ1v) is 7.40. The average molecular weight is 271 g/mol. The largest absolute Gasteiger partial charge is 0.383 e. The number of ether oxygens (including phenoxy) is 1. The number of nitrogens with one attached hydrogen (secondary N) is 2. The Bertz CT molecular complexity index is 255. The lowest BCUT2D eigenvalue weighted by molar-refractivity contribution is -0.123. The Morgan fingerprint density at radius 3 is 2.74 bits per heavy atom. The number of nitrogens with zero attached hydrogens (tertiary/aromatic N) is 1. The van der Waals surface area contributed by atoms with E-state index in [1.807, 2.05) is 6.92 Å². The fraction of sp³-hybridized carbons (Fsp3) is 0.929. The second-order valence-electron chi connectivity index (χ2n) is 5.38. The van der Waals surface area contributed by atoms with E-state index >= 15 is 0 Å². The maximum absolute atomic E-state index is 12.0. The van der Waals surface area contributed by atoms with Gasteiger partial charge in [-0.05, 0) is 45.8 Å². The molecular weight excluding hydrogens is 242 g/mol. The highest BCUT2D eigenvalue weighted by Gasteiger charge is 2.22. The second-order valence-corrected chi connectivity index (χ2v) is 5.38. The van der Waals surface area contributed by atoms with Gasteiger partial charge in [0.2, 0.25) is 5.91 Å². The minimum absolute atomic E-state index is 0.0778. The zero-order valence-electron chi connectivity index (χ0n) is 12.6. The van der Waals surface area contributed by atoms with E-state index in [9.17, 15) is 4.79 Å². The van der Waals surface area contributed by atoms with Crippen LogP contribution in [0.15, 0.2) is 0 Å². The molecule has 1 atom stereocenters. The van der Waals surface area contributed by atoms with Crippen LogP contribution in [0, 0.1) is 0 Å². The number of hydrogen-bond donors (Lipinski definition) is 2. The van der Waals surface area contributed by atoms with E-state index < -0.39 is 0 Å². The number of methoxy groups -OCH3 is 1. The molecule has 0 bridgehead atoms. The van der Waals surface area contributed by atoms with Crippen molar-refractivity contribution in [3.05, 3.63) is 0 Å². The number of hydrogen-bond acceptors (Lipinski definition) is 4. The molecule has 0 spiro atoms. The van der Waals surface area contributed by atoms with Gasteiger partial charge in [0.1, 0.15) is 0 Å². The normalized spacial score (nSPS) is 18.5. The Labute approximate surface area is 117 Å². The first-order chi connectivity index (χ1) is 9.17. The van der Waals surface area contributed by atoms with Gasteiger partial charge in [-0.15, -0.1) is 0 Å². The SMILES string of the molecule is CCCN(CC(=O)NC(C)COC)C1CCNCC1. The van der Waals surface area contributed by atoms with Crippen LogP contribution >= 0.6 is 0 Å². The van der Waals surface area contributed by atoms with Gasteiger partial charge < -0.3 is 15.4 Å². The van der Waals surface area contributed by atoms with Crippen molar-refractivity contribution in [1.29, 1.82) is 0 Å². The summed E-state index contributed by atoms with van der Waals surface area (Å²) in [6.45, 7) is 8.32. The van der Waals surface area contributed by atoms with Crippen molar-refractivity contribution in [2.24, 2.45) is 0 Å². The lowest BCUT2D eigenvalue weighted by Gasteiger charge is -2.34. The summed E-state index contributed by atoms with van der Waals surface area (Å²) in [5.74, 6) is 0.108. The molecule has 1 unspecified atom stereocenters. The quantitative estimate of drug-likeness (QED) is 0.679. The summed E-state index contributed by atoms with van der Waals surface area (Å²) in [5.41, 5.74) is 0. The van der Waals surface area contributed by atoms with Crippen LogP contribution in [0.4, 0.5) is 0 Å². The van der Waals surface area contributed by atoms with Gasteiger partial charge in [0.25, 0.3) is 0 Å². The summed E-state index contributed by atoms with van der Waals surface area (Å²) in [7, 11) is 1.65. The minimum Gasteiger partial charge on any atom is -0.383 e. The third-order valence-corrected chi connectivity index (χ3v) is 3.51. The van der Waals surface area contributed by atoms with E-state index in [0.717, 1.165) is 38.9 Å². The Morgan fingerprint density at radius 1 is 1.47 bits per heavy atom. The predicted molar refractivity (Wildman–Crippen MR) is 77.2 cm³/mol. The molecule has 1 rings (SSSR count). The lowest BCUT2D eigenvalue weighted by Crippen LogP contribution is -2.49. The molecule has 1 amide bonds. The lowest BCUT2D eigenvalue weighted by atomic mass is 10.0. The van der Waals surface area contributed by atoms with Crippen molar-refractivity contribution in [3.63, 3.8) is 0 Å². The van der Waals surface area contributed by atoms with E-state index in [1.165, 1.54) is 0 Å². The summed E-state index contributed by atoms with van der Waals surface area (Å²) < 4.78 is 5.04. The smallest absolute Gasteiger partial charge is 0.234 e. The molecule has 2 N–H and O–H groups in total. The number of amides is 1. The van der Waals surface area contributed by atoms with E-state index in [4.69, 9.17) is 4.74 Å². The number of piperidine rings is 1. The zero-order chi connectivity index (χ0) is 14.1. The monoisotopic (exact) mass is 271 g/mol. The van der Waals surface area contributed by atoms with Crippen LogP contribution in [0.1, 0.15) is 33.1 Å². The molecule has 5 heteroatoms. The van der Waals surface area contributed by atoms with Crippen molar-refractivity contribution >= 4 is 5.91 Å². The Balaban J connectivity index is 2.40. The van der Waals surface area contributed by atoms with Crippen LogP contribution < -0.4 is 10.6 Å². The van der Waals surface area contributed by atoms with Crippen LogP contribution in [-0.4, -0.2) is 62.8 Å². The number of rotatable bonds is 8. The summed E-state index contributed by atoms with van der Waals surface area (Å²) in [4.78, 5) is 14.4. The van der Waals surface area contributed by atoms with Crippen molar-refractivity contribution < 1.29 is 9.53 Å². The highest BCUT2D eigenvalue weighted by molar-refractivity contribution is 5.78. The first-order valence-electron chi connectivity index (χ1n) is 7.40. The van der Waals surface area contributed by atoms with E-state index in [0.29, 0.717) is 19.2 Å². The Hall–Kier alpha value is -0.650. The molecule has 0 aromatic carbocycles. The maximum Gasteiger partial charge on any atom is 0.234 e.